The molecule has 0 radical (unpaired) electrons. The van der Waals surface area contributed by atoms with Crippen molar-refractivity contribution in [3.63, 3.8) is 0 Å². The maximum atomic E-state index is 12.1. The molecule has 2 amide bonds. The first kappa shape index (κ1) is 16.1. The molecular weight excluding hydrogens is 304 g/mol. The van der Waals surface area contributed by atoms with E-state index in [2.05, 4.69) is 5.32 Å². The molecule has 0 aliphatic heterocycles. The minimum absolute atomic E-state index is 0.0395. The largest absolute Gasteiger partial charge is 0.467 e. The lowest BCUT2D eigenvalue weighted by molar-refractivity contribution is -0.125. The van der Waals surface area contributed by atoms with Crippen LogP contribution in [0, 0.1) is 0 Å². The predicted molar refractivity (Wildman–Crippen MR) is 91.1 cm³/mol. The van der Waals surface area contributed by atoms with Gasteiger partial charge in [-0.3, -0.25) is 9.59 Å². The van der Waals surface area contributed by atoms with Crippen molar-refractivity contribution in [2.45, 2.75) is 25.4 Å². The van der Waals surface area contributed by atoms with Crippen LogP contribution >= 0.6 is 0 Å². The van der Waals surface area contributed by atoms with Crippen molar-refractivity contribution in [3.05, 3.63) is 65.6 Å². The highest BCUT2D eigenvalue weighted by Gasteiger charge is 2.23. The van der Waals surface area contributed by atoms with Gasteiger partial charge in [0.1, 0.15) is 5.76 Å². The maximum Gasteiger partial charge on any atom is 0.251 e. The summed E-state index contributed by atoms with van der Waals surface area (Å²) in [4.78, 5) is 25.6. The summed E-state index contributed by atoms with van der Waals surface area (Å²) in [6.07, 6.45) is 6.98. The summed E-state index contributed by atoms with van der Waals surface area (Å²) in [5.74, 6) is 0.592. The van der Waals surface area contributed by atoms with E-state index in [0.29, 0.717) is 18.2 Å². The quantitative estimate of drug-likeness (QED) is 0.831. The first-order chi connectivity index (χ1) is 11.6. The van der Waals surface area contributed by atoms with E-state index in [1.165, 1.54) is 6.08 Å². The molecule has 0 bridgehead atoms. The number of likely N-dealkylation sites (N-methyl/N-ethyl adjacent to an activating group) is 1. The average Bonchev–Trinajstić information content (AvgIpc) is 3.25. The molecule has 5 nitrogen and oxygen atoms in total. The number of benzene rings is 1. The van der Waals surface area contributed by atoms with Crippen LogP contribution in [0.2, 0.25) is 0 Å². The third kappa shape index (κ3) is 4.35. The molecule has 0 spiro atoms. The fraction of sp³-hybridized carbons (Fsp3) is 0.263. The van der Waals surface area contributed by atoms with Crippen molar-refractivity contribution < 1.29 is 14.0 Å². The SMILES string of the molecule is CN(Cc1ccco1)C(=O)C=Cc1ccc(C(=O)NC2CC2)cc1. The first-order valence-corrected chi connectivity index (χ1v) is 7.98. The molecule has 0 unspecified atom stereocenters. The molecule has 5 heteroatoms. The summed E-state index contributed by atoms with van der Waals surface area (Å²) in [5, 5.41) is 2.95. The van der Waals surface area contributed by atoms with E-state index in [0.717, 1.165) is 24.2 Å². The van der Waals surface area contributed by atoms with E-state index >= 15 is 0 Å². The number of hydrogen-bond acceptors (Lipinski definition) is 3. The van der Waals surface area contributed by atoms with Crippen LogP contribution in [0.1, 0.15) is 34.5 Å². The van der Waals surface area contributed by atoms with Gasteiger partial charge in [-0.15, -0.1) is 0 Å². The Morgan fingerprint density at radius 1 is 1.25 bits per heavy atom. The second kappa shape index (κ2) is 7.17. The summed E-state index contributed by atoms with van der Waals surface area (Å²) in [5.41, 5.74) is 1.51. The van der Waals surface area contributed by atoms with E-state index < -0.39 is 0 Å². The number of rotatable bonds is 6. The molecule has 1 aliphatic carbocycles. The number of nitrogens with zero attached hydrogens (tertiary/aromatic N) is 1. The van der Waals surface area contributed by atoms with Crippen LogP contribution in [-0.2, 0) is 11.3 Å². The predicted octanol–water partition coefficient (Wildman–Crippen LogP) is 2.84. The van der Waals surface area contributed by atoms with E-state index in [9.17, 15) is 9.59 Å². The van der Waals surface area contributed by atoms with E-state index in [1.807, 2.05) is 18.2 Å². The van der Waals surface area contributed by atoms with Crippen molar-refractivity contribution in [1.82, 2.24) is 10.2 Å². The highest BCUT2D eigenvalue weighted by molar-refractivity contribution is 5.95. The van der Waals surface area contributed by atoms with Crippen LogP contribution in [-0.4, -0.2) is 29.8 Å². The molecule has 1 aromatic carbocycles. The van der Waals surface area contributed by atoms with Gasteiger partial charge in [-0.2, -0.15) is 0 Å². The van der Waals surface area contributed by atoms with Crippen molar-refractivity contribution in [3.8, 4) is 0 Å². The van der Waals surface area contributed by atoms with Gasteiger partial charge in [0.15, 0.2) is 0 Å². The minimum Gasteiger partial charge on any atom is -0.467 e. The lowest BCUT2D eigenvalue weighted by Gasteiger charge is -2.12. The van der Waals surface area contributed by atoms with Gasteiger partial charge in [0.2, 0.25) is 5.91 Å². The highest BCUT2D eigenvalue weighted by Crippen LogP contribution is 2.19. The Morgan fingerprint density at radius 3 is 2.62 bits per heavy atom. The summed E-state index contributed by atoms with van der Waals surface area (Å²) >= 11 is 0. The van der Waals surface area contributed by atoms with Crippen LogP contribution in [0.4, 0.5) is 0 Å². The summed E-state index contributed by atoms with van der Waals surface area (Å²) in [7, 11) is 1.72. The lowest BCUT2D eigenvalue weighted by atomic mass is 10.1. The molecule has 124 valence electrons. The molecule has 3 rings (SSSR count). The highest BCUT2D eigenvalue weighted by atomic mass is 16.3. The first-order valence-electron chi connectivity index (χ1n) is 7.98. The molecule has 0 atom stereocenters. The van der Waals surface area contributed by atoms with Gasteiger partial charge < -0.3 is 14.6 Å². The Balaban J connectivity index is 1.55. The Kier molecular flexibility index (Phi) is 4.79. The van der Waals surface area contributed by atoms with Crippen molar-refractivity contribution in [2.75, 3.05) is 7.05 Å². The number of amides is 2. The fourth-order valence-electron chi connectivity index (χ4n) is 2.25. The Hall–Kier alpha value is -2.82. The lowest BCUT2D eigenvalue weighted by Crippen LogP contribution is -2.25. The average molecular weight is 324 g/mol. The van der Waals surface area contributed by atoms with Gasteiger partial charge in [0, 0.05) is 24.7 Å². The van der Waals surface area contributed by atoms with Crippen molar-refractivity contribution in [1.29, 1.82) is 0 Å². The molecule has 1 N–H and O–H groups in total. The standard InChI is InChI=1S/C19H20N2O3/c1-21(13-17-3-2-12-24-17)18(22)11-6-14-4-7-15(8-5-14)19(23)20-16-9-10-16/h2-8,11-12,16H,9-10,13H2,1H3,(H,20,23). The van der Waals surface area contributed by atoms with Crippen LogP contribution < -0.4 is 5.32 Å². The van der Waals surface area contributed by atoms with Gasteiger partial charge in [-0.05, 0) is 48.7 Å². The van der Waals surface area contributed by atoms with Gasteiger partial charge >= 0.3 is 0 Å². The third-order valence-corrected chi connectivity index (χ3v) is 3.85. The third-order valence-electron chi connectivity index (χ3n) is 3.85. The molecule has 24 heavy (non-hydrogen) atoms. The number of furan rings is 1. The van der Waals surface area contributed by atoms with Crippen molar-refractivity contribution >= 4 is 17.9 Å². The molecule has 0 saturated heterocycles. The zero-order chi connectivity index (χ0) is 16.9. The second-order valence-electron chi connectivity index (χ2n) is 5.98. The van der Waals surface area contributed by atoms with Crippen LogP contribution in [0.5, 0.6) is 0 Å². The Bertz CT molecular complexity index is 728. The molecule has 1 fully saturated rings. The van der Waals surface area contributed by atoms with Gasteiger partial charge in [0.05, 0.1) is 12.8 Å². The molecule has 1 aliphatic rings. The van der Waals surface area contributed by atoms with Gasteiger partial charge in [0.25, 0.3) is 5.91 Å². The van der Waals surface area contributed by atoms with E-state index in [-0.39, 0.29) is 11.8 Å². The number of carbonyl (C=O) groups is 2. The number of hydrogen-bond donors (Lipinski definition) is 1. The zero-order valence-corrected chi connectivity index (χ0v) is 13.6. The summed E-state index contributed by atoms with van der Waals surface area (Å²) in [6, 6.07) is 11.2. The monoisotopic (exact) mass is 324 g/mol. The van der Waals surface area contributed by atoms with E-state index in [4.69, 9.17) is 4.42 Å². The Morgan fingerprint density at radius 2 is 2.00 bits per heavy atom. The van der Waals surface area contributed by atoms with Gasteiger partial charge in [-0.1, -0.05) is 12.1 Å². The zero-order valence-electron chi connectivity index (χ0n) is 13.6. The van der Waals surface area contributed by atoms with Crippen LogP contribution in [0.3, 0.4) is 0 Å². The molecule has 2 aromatic rings. The Labute approximate surface area is 141 Å². The number of nitrogens with one attached hydrogen (secondary N) is 1. The maximum absolute atomic E-state index is 12.1. The molecule has 1 aromatic heterocycles. The van der Waals surface area contributed by atoms with Gasteiger partial charge in [-0.25, -0.2) is 0 Å². The molecular formula is C19H20N2O3. The smallest absolute Gasteiger partial charge is 0.251 e. The summed E-state index contributed by atoms with van der Waals surface area (Å²) < 4.78 is 5.23. The fourth-order valence-corrected chi connectivity index (χ4v) is 2.25. The normalized spacial score (nSPS) is 13.9. The topological polar surface area (TPSA) is 62.6 Å². The van der Waals surface area contributed by atoms with E-state index in [1.54, 1.807) is 42.5 Å². The van der Waals surface area contributed by atoms with Crippen LogP contribution in [0.15, 0.2) is 53.2 Å². The number of carbonyl (C=O) groups excluding carboxylic acids is 2. The summed E-state index contributed by atoms with van der Waals surface area (Å²) in [6.45, 7) is 0.427. The molecule has 1 heterocycles. The second-order valence-corrected chi connectivity index (χ2v) is 5.98. The van der Waals surface area contributed by atoms with Crippen molar-refractivity contribution in [2.24, 2.45) is 0 Å². The van der Waals surface area contributed by atoms with Crippen LogP contribution in [0.25, 0.3) is 6.08 Å². The minimum atomic E-state index is -0.109. The molecule has 1 saturated carbocycles.